The van der Waals surface area contributed by atoms with Crippen molar-refractivity contribution in [2.24, 2.45) is 0 Å². The molecule has 0 aromatic carbocycles. The number of hydrogen-bond donors (Lipinski definition) is 0. The van der Waals surface area contributed by atoms with E-state index in [4.69, 9.17) is 9.59 Å². The van der Waals surface area contributed by atoms with Crippen molar-refractivity contribution in [3.8, 4) is 0 Å². The van der Waals surface area contributed by atoms with Gasteiger partial charge in [-0.25, -0.2) is 0 Å². The standard InChI is InChI=1S/C2H2O4.Na.H/c3-1-5-6-2-4;;/h1-2H;;/q;+1;-1. The number of carbonyl (C=O) groups is 2. The van der Waals surface area contributed by atoms with Gasteiger partial charge in [-0.2, -0.15) is 0 Å². The van der Waals surface area contributed by atoms with Crippen molar-refractivity contribution in [3.05, 3.63) is 0 Å². The van der Waals surface area contributed by atoms with Crippen LogP contribution < -0.4 is 29.6 Å². The summed E-state index contributed by atoms with van der Waals surface area (Å²) in [5.74, 6) is 0. The molecule has 0 aliphatic heterocycles. The first kappa shape index (κ1) is 10.0. The van der Waals surface area contributed by atoms with Gasteiger partial charge in [0.2, 0.25) is 0 Å². The minimum Gasteiger partial charge on any atom is -1.00 e. The zero-order chi connectivity index (χ0) is 4.83. The zero-order valence-electron chi connectivity index (χ0n) is 4.79. The second-order valence-electron chi connectivity index (χ2n) is 0.385. The average molecular weight is 114 g/mol. The molecule has 0 aromatic heterocycles. The molecule has 0 amide bonds. The van der Waals surface area contributed by atoms with Crippen LogP contribution >= 0.6 is 0 Å². The normalized spacial score (nSPS) is 5.14. The maximum atomic E-state index is 9.06. The molecule has 36 valence electrons. The summed E-state index contributed by atoms with van der Waals surface area (Å²) < 4.78 is 0. The van der Waals surface area contributed by atoms with E-state index in [9.17, 15) is 0 Å². The maximum absolute atomic E-state index is 9.06. The molecule has 0 radical (unpaired) electrons. The van der Waals surface area contributed by atoms with Gasteiger partial charge in [-0.3, -0.25) is 19.4 Å². The van der Waals surface area contributed by atoms with Crippen LogP contribution in [-0.2, 0) is 19.4 Å². The molecule has 7 heavy (non-hydrogen) atoms. The van der Waals surface area contributed by atoms with Crippen LogP contribution in [0.4, 0.5) is 0 Å². The van der Waals surface area contributed by atoms with Gasteiger partial charge >= 0.3 is 42.5 Å². The molecule has 0 heterocycles. The van der Waals surface area contributed by atoms with Crippen molar-refractivity contribution in [1.82, 2.24) is 0 Å². The molecule has 0 atom stereocenters. The third-order valence-corrected chi connectivity index (χ3v) is 0.134. The van der Waals surface area contributed by atoms with Crippen LogP contribution in [0.15, 0.2) is 0 Å². The third kappa shape index (κ3) is 10.7. The zero-order valence-corrected chi connectivity index (χ0v) is 5.79. The van der Waals surface area contributed by atoms with E-state index in [0.29, 0.717) is 0 Å². The van der Waals surface area contributed by atoms with Gasteiger partial charge in [0.15, 0.2) is 0 Å². The van der Waals surface area contributed by atoms with Crippen molar-refractivity contribution >= 4 is 12.9 Å². The number of hydrogen-bond acceptors (Lipinski definition) is 4. The Morgan fingerprint density at radius 1 is 1.14 bits per heavy atom. The van der Waals surface area contributed by atoms with Gasteiger partial charge in [0.25, 0.3) is 0 Å². The van der Waals surface area contributed by atoms with E-state index in [0.717, 1.165) is 0 Å². The fourth-order valence-corrected chi connectivity index (χ4v) is 0.0454. The molecule has 0 spiro atoms. The molecule has 0 rings (SSSR count). The molecular formula is C2H3NaO4. The fourth-order valence-electron chi connectivity index (χ4n) is 0.0454. The van der Waals surface area contributed by atoms with Crippen LogP contribution in [0.1, 0.15) is 1.43 Å². The Bertz CT molecular complexity index is 50.0. The largest absolute Gasteiger partial charge is 1.00 e. The summed E-state index contributed by atoms with van der Waals surface area (Å²) >= 11 is 0. The second kappa shape index (κ2) is 9.34. The number of carbonyl (C=O) groups excluding carboxylic acids is 2. The molecule has 0 unspecified atom stereocenters. The van der Waals surface area contributed by atoms with E-state index < -0.39 is 0 Å². The van der Waals surface area contributed by atoms with Gasteiger partial charge in [0.1, 0.15) is 0 Å². The Morgan fingerprint density at radius 3 is 1.57 bits per heavy atom. The molecule has 0 aliphatic carbocycles. The summed E-state index contributed by atoms with van der Waals surface area (Å²) in [6.07, 6.45) is 0. The van der Waals surface area contributed by atoms with E-state index in [1.165, 1.54) is 0 Å². The minimum atomic E-state index is 0. The first-order chi connectivity index (χ1) is 2.91. The smallest absolute Gasteiger partial charge is 1.00 e. The molecule has 0 bridgehead atoms. The van der Waals surface area contributed by atoms with Gasteiger partial charge < -0.3 is 1.43 Å². The van der Waals surface area contributed by atoms with Crippen LogP contribution in [-0.4, -0.2) is 12.9 Å². The van der Waals surface area contributed by atoms with Crippen LogP contribution in [0.3, 0.4) is 0 Å². The fraction of sp³-hybridized carbons (Fsp3) is 0. The molecule has 0 aliphatic rings. The molecule has 5 heteroatoms. The minimum absolute atomic E-state index is 0. The predicted molar refractivity (Wildman–Crippen MR) is 15.4 cm³/mol. The van der Waals surface area contributed by atoms with Gasteiger partial charge in [-0.15, -0.1) is 0 Å². The van der Waals surface area contributed by atoms with Gasteiger partial charge in [0.05, 0.1) is 0 Å². The monoisotopic (exact) mass is 114 g/mol. The first-order valence-electron chi connectivity index (χ1n) is 1.11. The summed E-state index contributed by atoms with van der Waals surface area (Å²) in [5, 5.41) is 0. The molecule has 0 N–H and O–H groups in total. The van der Waals surface area contributed by atoms with E-state index in [1.54, 1.807) is 0 Å². The van der Waals surface area contributed by atoms with E-state index in [2.05, 4.69) is 9.78 Å². The summed E-state index contributed by atoms with van der Waals surface area (Å²) in [6.45, 7) is 0.0167. The Labute approximate surface area is 63.5 Å². The van der Waals surface area contributed by atoms with E-state index >= 15 is 0 Å². The third-order valence-electron chi connectivity index (χ3n) is 0.134. The first-order valence-corrected chi connectivity index (χ1v) is 1.11. The molecular weight excluding hydrogens is 111 g/mol. The van der Waals surface area contributed by atoms with Crippen molar-refractivity contribution in [2.75, 3.05) is 0 Å². The molecule has 0 fully saturated rings. The number of rotatable bonds is 3. The topological polar surface area (TPSA) is 52.6 Å². The molecule has 4 nitrogen and oxygen atoms in total. The SMILES string of the molecule is O=COOC=O.[H-].[Na+]. The maximum Gasteiger partial charge on any atom is 1.00 e. The van der Waals surface area contributed by atoms with E-state index in [-0.39, 0.29) is 43.9 Å². The van der Waals surface area contributed by atoms with Crippen molar-refractivity contribution in [1.29, 1.82) is 0 Å². The molecule has 0 saturated carbocycles. The van der Waals surface area contributed by atoms with Crippen LogP contribution in [0, 0.1) is 0 Å². The Balaban J connectivity index is -0.000000125. The van der Waals surface area contributed by atoms with Crippen molar-refractivity contribution in [3.63, 3.8) is 0 Å². The Kier molecular flexibility index (Phi) is 13.4. The quantitative estimate of drug-likeness (QED) is 0.125. The Morgan fingerprint density at radius 2 is 1.43 bits per heavy atom. The average Bonchev–Trinajstić information content (AvgIpc) is 1.61. The van der Waals surface area contributed by atoms with Crippen LogP contribution in [0.2, 0.25) is 0 Å². The molecule has 0 aromatic rings. The summed E-state index contributed by atoms with van der Waals surface area (Å²) in [4.78, 5) is 25.0. The predicted octanol–water partition coefficient (Wildman–Crippen LogP) is -3.64. The van der Waals surface area contributed by atoms with Gasteiger partial charge in [0, 0.05) is 0 Å². The van der Waals surface area contributed by atoms with Crippen LogP contribution in [0.5, 0.6) is 0 Å². The van der Waals surface area contributed by atoms with E-state index in [1.807, 2.05) is 0 Å². The van der Waals surface area contributed by atoms with Crippen molar-refractivity contribution < 1.29 is 50.3 Å². The Hall–Kier alpha value is -0.0600. The van der Waals surface area contributed by atoms with Gasteiger partial charge in [-0.05, 0) is 0 Å². The van der Waals surface area contributed by atoms with Crippen molar-refractivity contribution in [2.45, 2.75) is 0 Å². The van der Waals surface area contributed by atoms with Crippen LogP contribution in [0.25, 0.3) is 0 Å². The summed E-state index contributed by atoms with van der Waals surface area (Å²) in [5.41, 5.74) is 0. The second-order valence-corrected chi connectivity index (χ2v) is 0.385. The summed E-state index contributed by atoms with van der Waals surface area (Å²) in [6, 6.07) is 0. The van der Waals surface area contributed by atoms with Gasteiger partial charge in [-0.1, -0.05) is 0 Å². The summed E-state index contributed by atoms with van der Waals surface area (Å²) in [7, 11) is 0. The molecule has 0 saturated heterocycles.